The summed E-state index contributed by atoms with van der Waals surface area (Å²) in [6, 6.07) is -0.574. The van der Waals surface area contributed by atoms with Crippen LogP contribution in [-0.2, 0) is 9.59 Å². The van der Waals surface area contributed by atoms with Crippen molar-refractivity contribution in [1.29, 1.82) is 0 Å². The Morgan fingerprint density at radius 1 is 1.19 bits per heavy atom. The third-order valence-electron chi connectivity index (χ3n) is 4.05. The van der Waals surface area contributed by atoms with Gasteiger partial charge in [0.15, 0.2) is 0 Å². The zero-order valence-electron chi connectivity index (χ0n) is 9.74. The Hall–Kier alpha value is -1.06. The van der Waals surface area contributed by atoms with Gasteiger partial charge >= 0.3 is 5.97 Å². The first-order valence-electron chi connectivity index (χ1n) is 6.09. The molecule has 0 radical (unpaired) electrons. The van der Waals surface area contributed by atoms with Crippen LogP contribution in [0.5, 0.6) is 0 Å². The molecule has 1 N–H and O–H groups in total. The number of aliphatic carboxylic acids is 1. The topological polar surface area (TPSA) is 57.6 Å². The van der Waals surface area contributed by atoms with E-state index in [2.05, 4.69) is 0 Å². The number of carbonyl (C=O) groups is 2. The van der Waals surface area contributed by atoms with E-state index in [-0.39, 0.29) is 11.4 Å². The lowest BCUT2D eigenvalue weighted by Crippen LogP contribution is -2.69. The Balaban J connectivity index is 2.16. The molecule has 1 saturated heterocycles. The molecule has 1 atom stereocenters. The van der Waals surface area contributed by atoms with E-state index in [4.69, 9.17) is 5.11 Å². The highest BCUT2D eigenvalue weighted by molar-refractivity contribution is 5.85. The number of rotatable bonds is 1. The van der Waals surface area contributed by atoms with Crippen LogP contribution in [-0.4, -0.2) is 33.5 Å². The molecule has 0 aromatic rings. The van der Waals surface area contributed by atoms with Gasteiger partial charge in [-0.1, -0.05) is 25.7 Å². The monoisotopic (exact) mass is 225 g/mol. The van der Waals surface area contributed by atoms with Gasteiger partial charge in [-0.25, -0.2) is 4.79 Å². The summed E-state index contributed by atoms with van der Waals surface area (Å²) in [4.78, 5) is 24.2. The third kappa shape index (κ3) is 1.70. The number of carboxylic acids is 1. The fraction of sp³-hybridized carbons (Fsp3) is 0.833. The summed E-state index contributed by atoms with van der Waals surface area (Å²) >= 11 is 0. The summed E-state index contributed by atoms with van der Waals surface area (Å²) in [5, 5.41) is 9.04. The molecule has 0 aromatic heterocycles. The van der Waals surface area contributed by atoms with Crippen molar-refractivity contribution in [3.8, 4) is 0 Å². The van der Waals surface area contributed by atoms with E-state index < -0.39 is 12.0 Å². The first kappa shape index (κ1) is 11.4. The molecule has 1 saturated carbocycles. The normalized spacial score (nSPS) is 28.3. The maximum Gasteiger partial charge on any atom is 0.326 e. The molecule has 4 heteroatoms. The molecule has 16 heavy (non-hydrogen) atoms. The van der Waals surface area contributed by atoms with Crippen molar-refractivity contribution >= 4 is 11.9 Å². The number of carbonyl (C=O) groups excluding carboxylic acids is 1. The van der Waals surface area contributed by atoms with Crippen LogP contribution in [0, 0.1) is 0 Å². The van der Waals surface area contributed by atoms with Gasteiger partial charge in [-0.2, -0.15) is 0 Å². The molecular formula is C12H19NO3. The van der Waals surface area contributed by atoms with Crippen molar-refractivity contribution in [3.63, 3.8) is 0 Å². The predicted molar refractivity (Wildman–Crippen MR) is 59.0 cm³/mol. The number of nitrogens with zero attached hydrogens (tertiary/aromatic N) is 1. The lowest BCUT2D eigenvalue weighted by molar-refractivity contribution is -0.175. The highest BCUT2D eigenvalue weighted by Crippen LogP contribution is 2.46. The first-order valence-corrected chi connectivity index (χ1v) is 6.09. The van der Waals surface area contributed by atoms with Crippen molar-refractivity contribution in [2.24, 2.45) is 0 Å². The average molecular weight is 225 g/mol. The van der Waals surface area contributed by atoms with E-state index in [1.165, 1.54) is 19.8 Å². The fourth-order valence-electron chi connectivity index (χ4n) is 3.35. The van der Waals surface area contributed by atoms with Crippen LogP contribution in [0.15, 0.2) is 0 Å². The van der Waals surface area contributed by atoms with Gasteiger partial charge in [0.1, 0.15) is 6.04 Å². The molecular weight excluding hydrogens is 206 g/mol. The molecule has 1 heterocycles. The summed E-state index contributed by atoms with van der Waals surface area (Å²) < 4.78 is 0. The van der Waals surface area contributed by atoms with Gasteiger partial charge in [0.2, 0.25) is 5.91 Å². The van der Waals surface area contributed by atoms with Gasteiger partial charge in [0.05, 0.1) is 0 Å². The minimum absolute atomic E-state index is 0.0828. The van der Waals surface area contributed by atoms with Gasteiger partial charge in [-0.3, -0.25) is 4.79 Å². The molecule has 90 valence electrons. The van der Waals surface area contributed by atoms with Crippen LogP contribution in [0.2, 0.25) is 0 Å². The minimum atomic E-state index is -0.856. The van der Waals surface area contributed by atoms with Crippen LogP contribution in [0.4, 0.5) is 0 Å². The molecule has 1 unspecified atom stereocenters. The van der Waals surface area contributed by atoms with E-state index in [1.54, 1.807) is 4.90 Å². The number of amides is 1. The molecule has 2 aliphatic rings. The molecule has 1 aliphatic heterocycles. The molecule has 1 spiro atoms. The van der Waals surface area contributed by atoms with Gasteiger partial charge in [-0.05, 0) is 12.8 Å². The standard InChI is InChI=1S/C12H19NO3/c1-9(14)13-10(11(15)16)8-12(13)6-4-2-3-5-7-12/h10H,2-8H2,1H3,(H,15,16). The van der Waals surface area contributed by atoms with E-state index in [9.17, 15) is 9.59 Å². The van der Waals surface area contributed by atoms with Crippen molar-refractivity contribution < 1.29 is 14.7 Å². The van der Waals surface area contributed by atoms with E-state index in [1.807, 2.05) is 0 Å². The smallest absolute Gasteiger partial charge is 0.326 e. The zero-order valence-corrected chi connectivity index (χ0v) is 9.74. The summed E-state index contributed by atoms with van der Waals surface area (Å²) in [5.74, 6) is -0.939. The molecule has 4 nitrogen and oxygen atoms in total. The van der Waals surface area contributed by atoms with Crippen LogP contribution in [0.25, 0.3) is 0 Å². The van der Waals surface area contributed by atoms with E-state index in [0.717, 1.165) is 25.7 Å². The second kappa shape index (κ2) is 4.07. The Kier molecular flexibility index (Phi) is 2.91. The molecule has 0 bridgehead atoms. The lowest BCUT2D eigenvalue weighted by Gasteiger charge is -2.56. The first-order chi connectivity index (χ1) is 7.57. The van der Waals surface area contributed by atoms with E-state index >= 15 is 0 Å². The average Bonchev–Trinajstić information content (AvgIpc) is 2.39. The van der Waals surface area contributed by atoms with Crippen molar-refractivity contribution in [2.45, 2.75) is 63.5 Å². The largest absolute Gasteiger partial charge is 0.480 e. The predicted octanol–water partition coefficient (Wildman–Crippen LogP) is 1.78. The van der Waals surface area contributed by atoms with Crippen LogP contribution < -0.4 is 0 Å². The number of hydrogen-bond donors (Lipinski definition) is 1. The molecule has 0 aromatic carbocycles. The highest BCUT2D eigenvalue weighted by Gasteiger charge is 2.55. The maximum atomic E-state index is 11.6. The zero-order chi connectivity index (χ0) is 11.8. The quantitative estimate of drug-likeness (QED) is 0.740. The Bertz CT molecular complexity index is 305. The van der Waals surface area contributed by atoms with E-state index in [0.29, 0.717) is 6.42 Å². The van der Waals surface area contributed by atoms with Gasteiger partial charge in [0.25, 0.3) is 0 Å². The maximum absolute atomic E-state index is 11.6. The van der Waals surface area contributed by atoms with Crippen molar-refractivity contribution in [1.82, 2.24) is 4.90 Å². The number of hydrogen-bond acceptors (Lipinski definition) is 2. The molecule has 1 aliphatic carbocycles. The summed E-state index contributed by atoms with van der Waals surface area (Å²) in [6.45, 7) is 1.49. The Labute approximate surface area is 95.6 Å². The third-order valence-corrected chi connectivity index (χ3v) is 4.05. The molecule has 2 fully saturated rings. The summed E-state index contributed by atoms with van der Waals surface area (Å²) in [7, 11) is 0. The number of likely N-dealkylation sites (tertiary alicyclic amines) is 1. The second-order valence-corrected chi connectivity index (χ2v) is 5.09. The highest BCUT2D eigenvalue weighted by atomic mass is 16.4. The summed E-state index contributed by atoms with van der Waals surface area (Å²) in [5.41, 5.74) is -0.120. The van der Waals surface area contributed by atoms with Crippen LogP contribution in [0.3, 0.4) is 0 Å². The minimum Gasteiger partial charge on any atom is -0.480 e. The SMILES string of the molecule is CC(=O)N1C(C(=O)O)CC12CCCCCC2. The van der Waals surface area contributed by atoms with Crippen molar-refractivity contribution in [2.75, 3.05) is 0 Å². The second-order valence-electron chi connectivity index (χ2n) is 5.09. The Morgan fingerprint density at radius 3 is 2.19 bits per heavy atom. The Morgan fingerprint density at radius 2 is 1.75 bits per heavy atom. The molecule has 2 rings (SSSR count). The van der Waals surface area contributed by atoms with Crippen LogP contribution in [0.1, 0.15) is 51.9 Å². The van der Waals surface area contributed by atoms with Gasteiger partial charge < -0.3 is 10.0 Å². The van der Waals surface area contributed by atoms with Crippen LogP contribution >= 0.6 is 0 Å². The van der Waals surface area contributed by atoms with Gasteiger partial charge in [0, 0.05) is 18.9 Å². The number of carboxylic acid groups (broad SMARTS) is 1. The lowest BCUT2D eigenvalue weighted by atomic mass is 9.73. The molecule has 1 amide bonds. The van der Waals surface area contributed by atoms with Crippen molar-refractivity contribution in [3.05, 3.63) is 0 Å². The summed E-state index contributed by atoms with van der Waals surface area (Å²) in [6.07, 6.45) is 7.29. The fourth-order valence-corrected chi connectivity index (χ4v) is 3.35. The van der Waals surface area contributed by atoms with Gasteiger partial charge in [-0.15, -0.1) is 0 Å².